The normalized spacial score (nSPS) is 12.8. The molecule has 5 heteroatoms. The van der Waals surface area contributed by atoms with E-state index in [4.69, 9.17) is 4.74 Å². The number of carbonyl (C=O) groups excluding carboxylic acids is 1. The van der Waals surface area contributed by atoms with Gasteiger partial charge in [-0.25, -0.2) is 4.39 Å². The van der Waals surface area contributed by atoms with Crippen LogP contribution < -0.4 is 10.1 Å². The highest BCUT2D eigenvalue weighted by atomic mass is 32.2. The van der Waals surface area contributed by atoms with Crippen molar-refractivity contribution in [2.24, 2.45) is 0 Å². The fraction of sp³-hybridized carbons (Fsp3) is 0.562. The number of benzene rings is 1. The fourth-order valence-electron chi connectivity index (χ4n) is 1.66. The van der Waals surface area contributed by atoms with Crippen molar-refractivity contribution in [2.45, 2.75) is 45.0 Å². The van der Waals surface area contributed by atoms with Crippen LogP contribution in [0.4, 0.5) is 4.39 Å². The predicted octanol–water partition coefficient (Wildman–Crippen LogP) is 3.63. The lowest BCUT2D eigenvalue weighted by Crippen LogP contribution is -2.39. The molecule has 0 aromatic heterocycles. The second-order valence-corrected chi connectivity index (χ2v) is 7.62. The van der Waals surface area contributed by atoms with Gasteiger partial charge in [0, 0.05) is 17.0 Å². The number of rotatable bonds is 7. The molecule has 0 radical (unpaired) electrons. The van der Waals surface area contributed by atoms with Gasteiger partial charge in [-0.3, -0.25) is 4.79 Å². The summed E-state index contributed by atoms with van der Waals surface area (Å²) in [4.78, 5) is 12.0. The summed E-state index contributed by atoms with van der Waals surface area (Å²) in [7, 11) is 0. The Morgan fingerprint density at radius 1 is 1.38 bits per heavy atom. The lowest BCUT2D eigenvalue weighted by Gasteiger charge is -2.19. The zero-order chi connectivity index (χ0) is 15.9. The van der Waals surface area contributed by atoms with Crippen LogP contribution in [-0.2, 0) is 4.79 Å². The van der Waals surface area contributed by atoms with Crippen LogP contribution in [0, 0.1) is 5.82 Å². The van der Waals surface area contributed by atoms with Crippen LogP contribution in [0.3, 0.4) is 0 Å². The van der Waals surface area contributed by atoms with Crippen LogP contribution in [0.5, 0.6) is 5.75 Å². The van der Waals surface area contributed by atoms with E-state index in [0.29, 0.717) is 13.0 Å². The number of nitrogens with one attached hydrogen (secondary N) is 1. The van der Waals surface area contributed by atoms with Crippen molar-refractivity contribution in [1.29, 1.82) is 0 Å². The van der Waals surface area contributed by atoms with E-state index >= 15 is 0 Å². The van der Waals surface area contributed by atoms with Gasteiger partial charge in [0.1, 0.15) is 0 Å². The second-order valence-electron chi connectivity index (χ2n) is 5.70. The Morgan fingerprint density at radius 3 is 2.62 bits per heavy atom. The zero-order valence-electron chi connectivity index (χ0n) is 13.1. The van der Waals surface area contributed by atoms with Crippen LogP contribution in [0.25, 0.3) is 0 Å². The van der Waals surface area contributed by atoms with Gasteiger partial charge in [-0.15, -0.1) is 0 Å². The third-order valence-electron chi connectivity index (χ3n) is 2.71. The Bertz CT molecular complexity index is 460. The average Bonchev–Trinajstić information content (AvgIpc) is 2.41. The molecule has 1 aromatic carbocycles. The molecule has 0 bridgehead atoms. The summed E-state index contributed by atoms with van der Waals surface area (Å²) in [5.41, 5.74) is 0. The van der Waals surface area contributed by atoms with Gasteiger partial charge >= 0.3 is 0 Å². The number of amides is 1. The number of hydrogen-bond acceptors (Lipinski definition) is 3. The van der Waals surface area contributed by atoms with E-state index in [9.17, 15) is 9.18 Å². The van der Waals surface area contributed by atoms with Crippen molar-refractivity contribution in [1.82, 2.24) is 5.32 Å². The number of thioether (sulfide) groups is 1. The molecule has 118 valence electrons. The summed E-state index contributed by atoms with van der Waals surface area (Å²) < 4.78 is 19.2. The van der Waals surface area contributed by atoms with E-state index in [0.717, 1.165) is 5.75 Å². The highest BCUT2D eigenvalue weighted by Crippen LogP contribution is 2.22. The standard InChI is InChI=1S/C16H24FNO2S/c1-5-13(20-14-9-7-6-8-12(14)17)15(19)18-10-11-21-16(2,3)4/h6-9,13H,5,10-11H2,1-4H3,(H,18,19)/t13-/m1/s1. The van der Waals surface area contributed by atoms with Crippen LogP contribution in [0.2, 0.25) is 0 Å². The van der Waals surface area contributed by atoms with Crippen molar-refractivity contribution < 1.29 is 13.9 Å². The summed E-state index contributed by atoms with van der Waals surface area (Å²) in [5.74, 6) is 0.302. The maximum Gasteiger partial charge on any atom is 0.261 e. The molecule has 1 amide bonds. The van der Waals surface area contributed by atoms with Gasteiger partial charge in [-0.05, 0) is 18.6 Å². The Morgan fingerprint density at radius 2 is 2.05 bits per heavy atom. The van der Waals surface area contributed by atoms with Gasteiger partial charge in [-0.2, -0.15) is 11.8 Å². The summed E-state index contributed by atoms with van der Waals surface area (Å²) in [6.45, 7) is 8.83. The molecule has 0 spiro atoms. The molecule has 21 heavy (non-hydrogen) atoms. The Labute approximate surface area is 130 Å². The van der Waals surface area contributed by atoms with E-state index in [1.807, 2.05) is 6.92 Å². The van der Waals surface area contributed by atoms with E-state index in [-0.39, 0.29) is 16.4 Å². The van der Waals surface area contributed by atoms with Crippen molar-refractivity contribution >= 4 is 17.7 Å². The summed E-state index contributed by atoms with van der Waals surface area (Å²) in [5, 5.41) is 2.84. The molecular formula is C16H24FNO2S. The Hall–Kier alpha value is -1.23. The van der Waals surface area contributed by atoms with Crippen molar-refractivity contribution in [2.75, 3.05) is 12.3 Å². The first kappa shape index (κ1) is 17.8. The molecule has 1 rings (SSSR count). The topological polar surface area (TPSA) is 38.3 Å². The Kier molecular flexibility index (Phi) is 7.02. The lowest BCUT2D eigenvalue weighted by molar-refractivity contribution is -0.128. The summed E-state index contributed by atoms with van der Waals surface area (Å²) in [6.07, 6.45) is -0.173. The van der Waals surface area contributed by atoms with Gasteiger partial charge in [-0.1, -0.05) is 39.8 Å². The molecule has 0 fully saturated rings. The smallest absolute Gasteiger partial charge is 0.261 e. The lowest BCUT2D eigenvalue weighted by atomic mass is 10.2. The van der Waals surface area contributed by atoms with Gasteiger partial charge in [0.05, 0.1) is 0 Å². The average molecular weight is 313 g/mol. The summed E-state index contributed by atoms with van der Waals surface area (Å²) >= 11 is 1.79. The molecule has 1 N–H and O–H groups in total. The molecule has 1 aromatic rings. The van der Waals surface area contributed by atoms with Gasteiger partial charge in [0.25, 0.3) is 5.91 Å². The molecule has 0 unspecified atom stereocenters. The number of halogens is 1. The molecule has 0 heterocycles. The van der Waals surface area contributed by atoms with Crippen molar-refractivity contribution in [3.63, 3.8) is 0 Å². The van der Waals surface area contributed by atoms with Crippen molar-refractivity contribution in [3.05, 3.63) is 30.1 Å². The minimum atomic E-state index is -0.665. The predicted molar refractivity (Wildman–Crippen MR) is 86.3 cm³/mol. The summed E-state index contributed by atoms with van der Waals surface area (Å²) in [6, 6.07) is 6.12. The van der Waals surface area contributed by atoms with Crippen molar-refractivity contribution in [3.8, 4) is 5.75 Å². The van der Waals surface area contributed by atoms with Crippen LogP contribution in [-0.4, -0.2) is 29.1 Å². The second kappa shape index (κ2) is 8.27. The third-order valence-corrected chi connectivity index (χ3v) is 3.98. The third kappa shape index (κ3) is 6.85. The molecule has 0 aliphatic rings. The quantitative estimate of drug-likeness (QED) is 0.781. The van der Waals surface area contributed by atoms with E-state index in [2.05, 4.69) is 26.1 Å². The monoisotopic (exact) mass is 313 g/mol. The fourth-order valence-corrected chi connectivity index (χ4v) is 2.48. The molecule has 0 aliphatic carbocycles. The van der Waals surface area contributed by atoms with Crippen LogP contribution >= 0.6 is 11.8 Å². The maximum absolute atomic E-state index is 13.5. The highest BCUT2D eigenvalue weighted by Gasteiger charge is 2.19. The maximum atomic E-state index is 13.5. The molecule has 0 saturated carbocycles. The van der Waals surface area contributed by atoms with E-state index in [1.54, 1.807) is 23.9 Å². The largest absolute Gasteiger partial charge is 0.478 e. The minimum absolute atomic E-state index is 0.114. The first-order valence-corrected chi connectivity index (χ1v) is 8.15. The highest BCUT2D eigenvalue weighted by molar-refractivity contribution is 8.00. The molecular weight excluding hydrogens is 289 g/mol. The molecule has 1 atom stereocenters. The molecule has 0 aliphatic heterocycles. The van der Waals surface area contributed by atoms with E-state index in [1.165, 1.54) is 12.1 Å². The number of ether oxygens (including phenoxy) is 1. The zero-order valence-corrected chi connectivity index (χ0v) is 13.9. The minimum Gasteiger partial charge on any atom is -0.478 e. The number of para-hydroxylation sites is 1. The SMILES string of the molecule is CC[C@@H](Oc1ccccc1F)C(=O)NCCSC(C)(C)C. The number of hydrogen-bond donors (Lipinski definition) is 1. The van der Waals surface area contributed by atoms with Gasteiger partial charge in [0.2, 0.25) is 0 Å². The molecule has 3 nitrogen and oxygen atoms in total. The van der Waals surface area contributed by atoms with Gasteiger partial charge < -0.3 is 10.1 Å². The van der Waals surface area contributed by atoms with Gasteiger partial charge in [0.15, 0.2) is 17.7 Å². The van der Waals surface area contributed by atoms with Crippen LogP contribution in [0.1, 0.15) is 34.1 Å². The van der Waals surface area contributed by atoms with Crippen LogP contribution in [0.15, 0.2) is 24.3 Å². The Balaban J connectivity index is 2.45. The number of carbonyl (C=O) groups is 1. The first-order valence-electron chi connectivity index (χ1n) is 7.16. The molecule has 0 saturated heterocycles. The first-order chi connectivity index (χ1) is 9.83. The van der Waals surface area contributed by atoms with E-state index < -0.39 is 11.9 Å².